The molecule has 0 spiro atoms. The van der Waals surface area contributed by atoms with E-state index in [2.05, 4.69) is 5.32 Å². The van der Waals surface area contributed by atoms with E-state index in [1.807, 2.05) is 0 Å². The number of carbonyl (C=O) groups is 1. The zero-order chi connectivity index (χ0) is 17.0. The van der Waals surface area contributed by atoms with Crippen molar-refractivity contribution >= 4 is 21.7 Å². The summed E-state index contributed by atoms with van der Waals surface area (Å²) in [6.07, 6.45) is -0.462. The van der Waals surface area contributed by atoms with Crippen molar-refractivity contribution in [2.24, 2.45) is 0 Å². The van der Waals surface area contributed by atoms with Crippen molar-refractivity contribution in [2.45, 2.75) is 11.3 Å². The van der Waals surface area contributed by atoms with Crippen molar-refractivity contribution in [3.05, 3.63) is 42.5 Å². The molecule has 0 aliphatic heterocycles. The molecule has 0 saturated heterocycles. The van der Waals surface area contributed by atoms with Gasteiger partial charge in [-0.05, 0) is 17.7 Å². The third-order valence-electron chi connectivity index (χ3n) is 2.98. The minimum Gasteiger partial charge on any atom is -0.505 e. The molecule has 2 rings (SSSR count). The van der Waals surface area contributed by atoms with Crippen LogP contribution in [0, 0.1) is 11.3 Å². The van der Waals surface area contributed by atoms with Crippen LogP contribution in [-0.4, -0.2) is 24.0 Å². The predicted molar refractivity (Wildman–Crippen MR) is 82.2 cm³/mol. The Morgan fingerprint density at radius 3 is 2.43 bits per heavy atom. The summed E-state index contributed by atoms with van der Waals surface area (Å²) in [7, 11) is -4.55. The molecule has 0 heterocycles. The molecule has 23 heavy (non-hydrogen) atoms. The number of anilines is 1. The Labute approximate surface area is 132 Å². The van der Waals surface area contributed by atoms with Gasteiger partial charge < -0.3 is 10.4 Å². The Balaban J connectivity index is 2.63. The highest BCUT2D eigenvalue weighted by atomic mass is 32.2. The molecule has 0 bridgehead atoms. The molecule has 1 amide bonds. The molecule has 0 radical (unpaired) electrons. The second-order valence-electron chi connectivity index (χ2n) is 4.59. The number of hydrogen-bond acceptors (Lipinski definition) is 5. The third kappa shape index (κ3) is 3.85. The molecule has 0 aromatic heterocycles. The number of aromatic hydroxyl groups is 1. The van der Waals surface area contributed by atoms with E-state index < -0.39 is 27.3 Å². The number of nitrogens with one attached hydrogen (secondary N) is 1. The van der Waals surface area contributed by atoms with Gasteiger partial charge in [0.2, 0.25) is 5.91 Å². The fourth-order valence-corrected chi connectivity index (χ4v) is 2.49. The molecular formula is C15H12N2O5S. The summed E-state index contributed by atoms with van der Waals surface area (Å²) in [5.74, 6) is -1.08. The summed E-state index contributed by atoms with van der Waals surface area (Å²) in [5.41, 5.74) is 0.401. The monoisotopic (exact) mass is 332 g/mol. The number of rotatable bonds is 4. The maximum Gasteiger partial charge on any atom is 0.294 e. The number of phenols is 1. The zero-order valence-electron chi connectivity index (χ0n) is 11.7. The van der Waals surface area contributed by atoms with Crippen LogP contribution in [0.25, 0.3) is 11.1 Å². The second-order valence-corrected chi connectivity index (χ2v) is 6.01. The molecule has 3 N–H and O–H groups in total. The van der Waals surface area contributed by atoms with Gasteiger partial charge in [-0.1, -0.05) is 30.3 Å². The van der Waals surface area contributed by atoms with Gasteiger partial charge in [-0.3, -0.25) is 9.35 Å². The van der Waals surface area contributed by atoms with Gasteiger partial charge >= 0.3 is 0 Å². The summed E-state index contributed by atoms with van der Waals surface area (Å²) in [5, 5.41) is 21.0. The van der Waals surface area contributed by atoms with Crippen molar-refractivity contribution in [3.8, 4) is 22.9 Å². The highest BCUT2D eigenvalue weighted by Crippen LogP contribution is 2.38. The summed E-state index contributed by atoms with van der Waals surface area (Å²) in [6, 6.07) is 12.0. The van der Waals surface area contributed by atoms with Crippen LogP contribution in [-0.2, 0) is 14.9 Å². The number of nitrogens with zero attached hydrogens (tertiary/aromatic N) is 1. The molecule has 2 aromatic carbocycles. The summed E-state index contributed by atoms with van der Waals surface area (Å²) < 4.78 is 32.0. The number of amides is 1. The molecule has 0 unspecified atom stereocenters. The number of carbonyl (C=O) groups excluding carboxylic acids is 1. The van der Waals surface area contributed by atoms with Crippen LogP contribution in [0.5, 0.6) is 5.75 Å². The predicted octanol–water partition coefficient (Wildman–Crippen LogP) is 2.16. The van der Waals surface area contributed by atoms with Crippen LogP contribution in [0.3, 0.4) is 0 Å². The van der Waals surface area contributed by atoms with Crippen LogP contribution >= 0.6 is 0 Å². The molecule has 0 fully saturated rings. The van der Waals surface area contributed by atoms with E-state index in [9.17, 15) is 22.9 Å². The lowest BCUT2D eigenvalue weighted by atomic mass is 10.0. The van der Waals surface area contributed by atoms with Gasteiger partial charge in [0.1, 0.15) is 12.2 Å². The zero-order valence-corrected chi connectivity index (χ0v) is 12.5. The van der Waals surface area contributed by atoms with E-state index in [-0.39, 0.29) is 17.0 Å². The Bertz CT molecular complexity index is 886. The number of phenolic OH excluding ortho intramolecular Hbond substituents is 1. The fourth-order valence-electron chi connectivity index (χ4n) is 1.96. The minimum absolute atomic E-state index is 0.119. The molecular weight excluding hydrogens is 320 g/mol. The molecule has 0 atom stereocenters. The van der Waals surface area contributed by atoms with Gasteiger partial charge in [-0.2, -0.15) is 13.7 Å². The number of nitriles is 1. The number of hydrogen-bond donors (Lipinski definition) is 3. The van der Waals surface area contributed by atoms with Crippen molar-refractivity contribution in [3.63, 3.8) is 0 Å². The van der Waals surface area contributed by atoms with Crippen LogP contribution < -0.4 is 5.32 Å². The maximum atomic E-state index is 11.5. The molecule has 0 saturated carbocycles. The van der Waals surface area contributed by atoms with Crippen molar-refractivity contribution in [1.82, 2.24) is 0 Å². The van der Waals surface area contributed by atoms with Crippen molar-refractivity contribution < 1.29 is 22.9 Å². The molecule has 2 aromatic rings. The first kappa shape index (κ1) is 16.5. The average Bonchev–Trinajstić information content (AvgIpc) is 2.49. The topological polar surface area (TPSA) is 127 Å². The van der Waals surface area contributed by atoms with Gasteiger partial charge in [0.15, 0.2) is 0 Å². The molecule has 118 valence electrons. The summed E-state index contributed by atoms with van der Waals surface area (Å²) in [6.45, 7) is 0. The molecule has 0 aliphatic carbocycles. The van der Waals surface area contributed by atoms with Gasteiger partial charge in [-0.25, -0.2) is 0 Å². The Kier molecular flexibility index (Phi) is 4.64. The molecule has 8 heteroatoms. The first-order valence-corrected chi connectivity index (χ1v) is 7.83. The summed E-state index contributed by atoms with van der Waals surface area (Å²) >= 11 is 0. The van der Waals surface area contributed by atoms with E-state index in [1.54, 1.807) is 36.4 Å². The fraction of sp³-hybridized carbons (Fsp3) is 0.0667. The van der Waals surface area contributed by atoms with Gasteiger partial charge in [-0.15, -0.1) is 0 Å². The minimum atomic E-state index is -4.55. The quantitative estimate of drug-likeness (QED) is 0.581. The Morgan fingerprint density at radius 2 is 1.87 bits per heavy atom. The molecule has 0 aliphatic rings. The lowest BCUT2D eigenvalue weighted by Crippen LogP contribution is -2.11. The van der Waals surface area contributed by atoms with E-state index in [0.29, 0.717) is 5.56 Å². The highest BCUT2D eigenvalue weighted by Gasteiger charge is 2.19. The van der Waals surface area contributed by atoms with E-state index in [0.717, 1.165) is 12.1 Å². The van der Waals surface area contributed by atoms with Crippen molar-refractivity contribution in [2.75, 3.05) is 5.32 Å². The third-order valence-corrected chi connectivity index (χ3v) is 3.81. The first-order valence-electron chi connectivity index (χ1n) is 6.39. The summed E-state index contributed by atoms with van der Waals surface area (Å²) in [4.78, 5) is 11.0. The maximum absolute atomic E-state index is 11.5. The lowest BCUT2D eigenvalue weighted by molar-refractivity contribution is -0.115. The van der Waals surface area contributed by atoms with Crippen molar-refractivity contribution in [1.29, 1.82) is 5.26 Å². The Hall–Kier alpha value is -2.89. The SMILES string of the molecule is N#CCC(=O)Nc1cc(S(=O)(=O)O)cc(-c2ccccc2)c1O. The van der Waals surface area contributed by atoms with Crippen LogP contribution in [0.4, 0.5) is 5.69 Å². The largest absolute Gasteiger partial charge is 0.505 e. The smallest absolute Gasteiger partial charge is 0.294 e. The van der Waals surface area contributed by atoms with Gasteiger partial charge in [0.25, 0.3) is 10.1 Å². The standard InChI is InChI=1S/C15H12N2O5S/c16-7-6-14(18)17-13-9-11(23(20,21)22)8-12(15(13)19)10-4-2-1-3-5-10/h1-5,8-9,19H,6H2,(H,17,18)(H,20,21,22). The van der Waals surface area contributed by atoms with E-state index in [1.165, 1.54) is 0 Å². The Morgan fingerprint density at radius 1 is 1.22 bits per heavy atom. The van der Waals surface area contributed by atoms with Crippen LogP contribution in [0.2, 0.25) is 0 Å². The van der Waals surface area contributed by atoms with E-state index >= 15 is 0 Å². The van der Waals surface area contributed by atoms with E-state index in [4.69, 9.17) is 5.26 Å². The van der Waals surface area contributed by atoms with Gasteiger partial charge in [0, 0.05) is 5.56 Å². The normalized spacial score (nSPS) is 10.8. The lowest BCUT2D eigenvalue weighted by Gasteiger charge is -2.13. The second kappa shape index (κ2) is 6.48. The highest BCUT2D eigenvalue weighted by molar-refractivity contribution is 7.85. The van der Waals surface area contributed by atoms with Crippen LogP contribution in [0.1, 0.15) is 6.42 Å². The first-order chi connectivity index (χ1) is 10.8. The average molecular weight is 332 g/mol. The number of benzene rings is 2. The molecule has 7 nitrogen and oxygen atoms in total. The van der Waals surface area contributed by atoms with Crippen LogP contribution in [0.15, 0.2) is 47.4 Å². The van der Waals surface area contributed by atoms with Gasteiger partial charge in [0.05, 0.1) is 16.7 Å².